The first-order chi connectivity index (χ1) is 12.0. The summed E-state index contributed by atoms with van der Waals surface area (Å²) in [6.45, 7) is 8.93. The zero-order valence-corrected chi connectivity index (χ0v) is 15.2. The lowest BCUT2D eigenvalue weighted by molar-refractivity contribution is 0.109. The fourth-order valence-electron chi connectivity index (χ4n) is 3.89. The summed E-state index contributed by atoms with van der Waals surface area (Å²) in [5.41, 5.74) is 2.10. The van der Waals surface area contributed by atoms with Gasteiger partial charge in [-0.2, -0.15) is 0 Å². The van der Waals surface area contributed by atoms with Gasteiger partial charge in [0, 0.05) is 23.7 Å². The molecular weight excluding hydrogens is 314 g/mol. The van der Waals surface area contributed by atoms with Crippen molar-refractivity contribution in [3.63, 3.8) is 0 Å². The number of nitrogens with zero attached hydrogens (tertiary/aromatic N) is 1. The molecule has 1 aliphatic heterocycles. The fourth-order valence-corrected chi connectivity index (χ4v) is 3.89. The van der Waals surface area contributed by atoms with Gasteiger partial charge in [-0.1, -0.05) is 44.4 Å². The summed E-state index contributed by atoms with van der Waals surface area (Å²) >= 11 is 0. The number of aromatic amines is 1. The van der Waals surface area contributed by atoms with Gasteiger partial charge in [0.15, 0.2) is 0 Å². The van der Waals surface area contributed by atoms with Gasteiger partial charge in [0.2, 0.25) is 0 Å². The van der Waals surface area contributed by atoms with Gasteiger partial charge in [-0.05, 0) is 25.8 Å². The van der Waals surface area contributed by atoms with Crippen molar-refractivity contribution in [2.24, 2.45) is 0 Å². The van der Waals surface area contributed by atoms with Crippen LogP contribution in [-0.4, -0.2) is 26.2 Å². The summed E-state index contributed by atoms with van der Waals surface area (Å²) in [5, 5.41) is 14.6. The molecule has 2 aromatic rings. The Balaban J connectivity index is 1.87. The largest absolute Gasteiger partial charge is 0.387 e. The number of H-pyrrole nitrogens is 1. The van der Waals surface area contributed by atoms with Crippen LogP contribution in [-0.2, 0) is 6.54 Å². The van der Waals surface area contributed by atoms with Crippen molar-refractivity contribution in [1.29, 1.82) is 0 Å². The molecule has 25 heavy (non-hydrogen) atoms. The molecule has 0 fully saturated rings. The molecule has 2 heterocycles. The SMILES string of the molecule is C=CC(C)(CCCCC)NC1CCn2c(=O)[nH]c3cccc(c32)C1O. The summed E-state index contributed by atoms with van der Waals surface area (Å²) < 4.78 is 1.75. The first-order valence-corrected chi connectivity index (χ1v) is 9.30. The van der Waals surface area contributed by atoms with Crippen LogP contribution >= 0.6 is 0 Å². The normalized spacial score (nSPS) is 22.5. The van der Waals surface area contributed by atoms with Crippen LogP contribution < -0.4 is 11.0 Å². The van der Waals surface area contributed by atoms with Gasteiger partial charge in [-0.3, -0.25) is 4.57 Å². The Kier molecular flexibility index (Phi) is 5.16. The molecular formula is C20H29N3O2. The van der Waals surface area contributed by atoms with Crippen LogP contribution in [0.3, 0.4) is 0 Å². The highest BCUT2D eigenvalue weighted by Crippen LogP contribution is 2.31. The van der Waals surface area contributed by atoms with Gasteiger partial charge >= 0.3 is 5.69 Å². The number of aryl methyl sites for hydroxylation is 1. The van der Waals surface area contributed by atoms with Crippen LogP contribution in [0, 0.1) is 0 Å². The van der Waals surface area contributed by atoms with E-state index >= 15 is 0 Å². The average molecular weight is 343 g/mol. The number of unbranched alkanes of at least 4 members (excludes halogenated alkanes) is 2. The third-order valence-electron chi connectivity index (χ3n) is 5.45. The Morgan fingerprint density at radius 3 is 3.00 bits per heavy atom. The van der Waals surface area contributed by atoms with E-state index in [9.17, 15) is 9.90 Å². The molecule has 3 rings (SSSR count). The number of imidazole rings is 1. The van der Waals surface area contributed by atoms with Gasteiger partial charge in [-0.15, -0.1) is 6.58 Å². The quantitative estimate of drug-likeness (QED) is 0.534. The van der Waals surface area contributed by atoms with Crippen LogP contribution in [0.5, 0.6) is 0 Å². The molecule has 0 radical (unpaired) electrons. The number of rotatable bonds is 7. The standard InChI is InChI=1S/C20H29N3O2/c1-4-6-7-12-20(3,5-2)22-16-11-13-23-17-14(18(16)24)9-8-10-15(17)21-19(23)25/h5,8-10,16,18,22,24H,2,4,6-7,11-13H2,1,3H3,(H,21,25). The highest BCUT2D eigenvalue weighted by Gasteiger charge is 2.32. The second-order valence-corrected chi connectivity index (χ2v) is 7.39. The minimum atomic E-state index is -0.655. The van der Waals surface area contributed by atoms with Crippen molar-refractivity contribution in [3.05, 3.63) is 46.9 Å². The second kappa shape index (κ2) is 7.18. The van der Waals surface area contributed by atoms with Crippen LogP contribution in [0.4, 0.5) is 0 Å². The summed E-state index contributed by atoms with van der Waals surface area (Å²) in [6.07, 6.45) is 6.48. The highest BCUT2D eigenvalue weighted by molar-refractivity contribution is 5.79. The number of nitrogens with one attached hydrogen (secondary N) is 2. The molecule has 0 saturated heterocycles. The molecule has 0 spiro atoms. The first-order valence-electron chi connectivity index (χ1n) is 9.30. The molecule has 1 aromatic heterocycles. The summed E-state index contributed by atoms with van der Waals surface area (Å²) in [5.74, 6) is 0. The van der Waals surface area contributed by atoms with E-state index in [1.54, 1.807) is 4.57 Å². The molecule has 0 saturated carbocycles. The molecule has 1 aliphatic rings. The van der Waals surface area contributed by atoms with Gasteiger partial charge in [0.05, 0.1) is 17.1 Å². The van der Waals surface area contributed by atoms with E-state index in [1.807, 2.05) is 24.3 Å². The van der Waals surface area contributed by atoms with Crippen molar-refractivity contribution in [3.8, 4) is 0 Å². The van der Waals surface area contributed by atoms with E-state index in [-0.39, 0.29) is 17.3 Å². The number of aliphatic hydroxyl groups excluding tert-OH is 1. The maximum Gasteiger partial charge on any atom is 0.326 e. The maximum atomic E-state index is 12.2. The van der Waals surface area contributed by atoms with Gasteiger partial charge < -0.3 is 15.4 Å². The summed E-state index contributed by atoms with van der Waals surface area (Å²) in [4.78, 5) is 15.1. The summed E-state index contributed by atoms with van der Waals surface area (Å²) in [6, 6.07) is 5.57. The van der Waals surface area contributed by atoms with Crippen LogP contribution in [0.2, 0.25) is 0 Å². The zero-order valence-electron chi connectivity index (χ0n) is 15.2. The van der Waals surface area contributed by atoms with Crippen molar-refractivity contribution >= 4 is 11.0 Å². The van der Waals surface area contributed by atoms with Gasteiger partial charge in [0.1, 0.15) is 0 Å². The van der Waals surface area contributed by atoms with Crippen LogP contribution in [0.15, 0.2) is 35.6 Å². The molecule has 3 atom stereocenters. The Morgan fingerprint density at radius 1 is 1.48 bits per heavy atom. The monoisotopic (exact) mass is 343 g/mol. The average Bonchev–Trinajstić information content (AvgIpc) is 2.85. The number of benzene rings is 1. The predicted octanol–water partition coefficient (Wildman–Crippen LogP) is 3.25. The lowest BCUT2D eigenvalue weighted by Gasteiger charge is -2.34. The van der Waals surface area contributed by atoms with E-state index < -0.39 is 6.10 Å². The van der Waals surface area contributed by atoms with Crippen molar-refractivity contribution < 1.29 is 5.11 Å². The van der Waals surface area contributed by atoms with E-state index in [1.165, 1.54) is 12.8 Å². The molecule has 5 nitrogen and oxygen atoms in total. The van der Waals surface area contributed by atoms with Gasteiger partial charge in [-0.25, -0.2) is 4.79 Å². The first kappa shape index (κ1) is 18.0. The van der Waals surface area contributed by atoms with Crippen molar-refractivity contribution in [2.75, 3.05) is 0 Å². The molecule has 1 aromatic carbocycles. The smallest absolute Gasteiger partial charge is 0.326 e. The Labute approximate surface area is 148 Å². The number of aromatic nitrogens is 2. The number of hydrogen-bond donors (Lipinski definition) is 3. The van der Waals surface area contributed by atoms with Crippen molar-refractivity contribution in [2.45, 2.75) is 70.2 Å². The third kappa shape index (κ3) is 3.44. The Morgan fingerprint density at radius 2 is 2.28 bits per heavy atom. The molecule has 136 valence electrons. The lowest BCUT2D eigenvalue weighted by atomic mass is 9.90. The Bertz CT molecular complexity index is 807. The molecule has 0 amide bonds. The van der Waals surface area contributed by atoms with Crippen LogP contribution in [0.25, 0.3) is 11.0 Å². The predicted molar refractivity (Wildman–Crippen MR) is 102 cm³/mol. The fraction of sp³-hybridized carbons (Fsp3) is 0.550. The topological polar surface area (TPSA) is 70.0 Å². The molecule has 5 heteroatoms. The van der Waals surface area contributed by atoms with E-state index in [2.05, 4.69) is 30.7 Å². The zero-order chi connectivity index (χ0) is 18.0. The minimum absolute atomic E-state index is 0.107. The lowest BCUT2D eigenvalue weighted by Crippen LogP contribution is -2.49. The number of hydrogen-bond acceptors (Lipinski definition) is 3. The molecule has 0 bridgehead atoms. The van der Waals surface area contributed by atoms with E-state index in [0.29, 0.717) is 13.0 Å². The molecule has 0 aliphatic carbocycles. The Hall–Kier alpha value is -1.85. The maximum absolute atomic E-state index is 12.2. The van der Waals surface area contributed by atoms with E-state index in [4.69, 9.17) is 0 Å². The third-order valence-corrected chi connectivity index (χ3v) is 5.45. The number of aliphatic hydroxyl groups is 1. The van der Waals surface area contributed by atoms with E-state index in [0.717, 1.165) is 29.4 Å². The second-order valence-electron chi connectivity index (χ2n) is 7.39. The van der Waals surface area contributed by atoms with Crippen LogP contribution in [0.1, 0.15) is 57.6 Å². The summed E-state index contributed by atoms with van der Waals surface area (Å²) in [7, 11) is 0. The highest BCUT2D eigenvalue weighted by atomic mass is 16.3. The van der Waals surface area contributed by atoms with Crippen molar-refractivity contribution in [1.82, 2.24) is 14.9 Å². The number of para-hydroxylation sites is 1. The minimum Gasteiger partial charge on any atom is -0.387 e. The van der Waals surface area contributed by atoms with Gasteiger partial charge in [0.25, 0.3) is 0 Å². The molecule has 3 unspecified atom stereocenters. The molecule has 3 N–H and O–H groups in total.